The molecule has 1 aromatic heterocycles. The van der Waals surface area contributed by atoms with Gasteiger partial charge in [-0.2, -0.15) is 4.98 Å². The van der Waals surface area contributed by atoms with Crippen LogP contribution in [-0.4, -0.2) is 21.0 Å². The van der Waals surface area contributed by atoms with Gasteiger partial charge in [-0.05, 0) is 18.2 Å². The van der Waals surface area contributed by atoms with Gasteiger partial charge in [0, 0.05) is 10.6 Å². The molecule has 0 saturated heterocycles. The fourth-order valence-electron chi connectivity index (χ4n) is 1.34. The molecule has 0 aliphatic heterocycles. The molecule has 0 aliphatic carbocycles. The number of aromatic nitrogens is 2. The lowest BCUT2D eigenvalue weighted by atomic mass is 10.1. The molecular weight excluding hydrogens is 244 g/mol. The average molecular weight is 251 g/mol. The summed E-state index contributed by atoms with van der Waals surface area (Å²) in [6.07, 6.45) is 0. The molecule has 0 unspecified atom stereocenters. The van der Waals surface area contributed by atoms with E-state index in [2.05, 4.69) is 9.97 Å². The van der Waals surface area contributed by atoms with Gasteiger partial charge in [0.25, 0.3) is 0 Å². The molecule has 6 heteroatoms. The number of carbonyl (C=O) groups is 1. The first-order valence-corrected chi connectivity index (χ1v) is 5.04. The molecule has 5 nitrogen and oxygen atoms in total. The first-order chi connectivity index (χ1) is 8.06. The summed E-state index contributed by atoms with van der Waals surface area (Å²) in [5, 5.41) is 9.36. The Morgan fingerprint density at radius 1 is 1.29 bits per heavy atom. The highest BCUT2D eigenvalue weighted by Gasteiger charge is 2.08. The zero-order valence-electron chi connectivity index (χ0n) is 8.48. The molecule has 86 valence electrons. The summed E-state index contributed by atoms with van der Waals surface area (Å²) in [7, 11) is 0. The zero-order chi connectivity index (χ0) is 12.4. The molecule has 17 heavy (non-hydrogen) atoms. The maximum Gasteiger partial charge on any atom is 0.352 e. The predicted molar refractivity (Wildman–Crippen MR) is 62.3 cm³/mol. The Balaban J connectivity index is 2.55. The van der Waals surface area contributed by atoms with Crippen molar-refractivity contribution in [1.29, 1.82) is 0 Å². The molecule has 1 heterocycles. The fraction of sp³-hybridized carbons (Fsp3) is 0. The molecular formula is C11H7ClN2O3. The van der Waals surface area contributed by atoms with Crippen molar-refractivity contribution in [2.24, 2.45) is 0 Å². The van der Waals surface area contributed by atoms with E-state index in [0.717, 1.165) is 0 Å². The van der Waals surface area contributed by atoms with E-state index in [4.69, 9.17) is 16.7 Å². The molecule has 1 aromatic carbocycles. The lowest BCUT2D eigenvalue weighted by Gasteiger charge is -2.01. The van der Waals surface area contributed by atoms with Crippen molar-refractivity contribution < 1.29 is 9.90 Å². The van der Waals surface area contributed by atoms with Crippen LogP contribution < -0.4 is 5.69 Å². The largest absolute Gasteiger partial charge is 0.477 e. The molecule has 2 N–H and O–H groups in total. The number of halogens is 1. The van der Waals surface area contributed by atoms with E-state index in [1.165, 1.54) is 6.07 Å². The van der Waals surface area contributed by atoms with Crippen molar-refractivity contribution >= 4 is 17.6 Å². The van der Waals surface area contributed by atoms with Crippen LogP contribution in [0.3, 0.4) is 0 Å². The van der Waals surface area contributed by atoms with Crippen molar-refractivity contribution in [1.82, 2.24) is 9.97 Å². The maximum absolute atomic E-state index is 11.2. The summed E-state index contributed by atoms with van der Waals surface area (Å²) in [4.78, 5) is 27.8. The normalized spacial score (nSPS) is 10.2. The van der Waals surface area contributed by atoms with Crippen LogP contribution >= 0.6 is 11.6 Å². The number of aromatic amines is 1. The monoisotopic (exact) mass is 250 g/mol. The minimum Gasteiger partial charge on any atom is -0.477 e. The van der Waals surface area contributed by atoms with Crippen LogP contribution in [-0.2, 0) is 0 Å². The van der Waals surface area contributed by atoms with Gasteiger partial charge in [-0.15, -0.1) is 0 Å². The number of rotatable bonds is 2. The lowest BCUT2D eigenvalue weighted by Crippen LogP contribution is -2.16. The van der Waals surface area contributed by atoms with Gasteiger partial charge in [0.05, 0.1) is 5.69 Å². The molecule has 2 rings (SSSR count). The first-order valence-electron chi connectivity index (χ1n) is 4.67. The molecule has 0 fully saturated rings. The Bertz CT molecular complexity index is 619. The number of hydrogen-bond acceptors (Lipinski definition) is 3. The Labute approximate surface area is 101 Å². The van der Waals surface area contributed by atoms with Crippen LogP contribution in [0.4, 0.5) is 0 Å². The first kappa shape index (κ1) is 11.3. The number of carboxylic acids is 1. The van der Waals surface area contributed by atoms with Gasteiger partial charge in [0.2, 0.25) is 0 Å². The molecule has 0 aliphatic rings. The highest BCUT2D eigenvalue weighted by Crippen LogP contribution is 2.18. The van der Waals surface area contributed by atoms with Gasteiger partial charge in [-0.3, -0.25) is 4.98 Å². The summed E-state index contributed by atoms with van der Waals surface area (Å²) in [5.74, 6) is -1.21. The van der Waals surface area contributed by atoms with Gasteiger partial charge in [0.1, 0.15) is 5.69 Å². The van der Waals surface area contributed by atoms with Gasteiger partial charge in [0.15, 0.2) is 0 Å². The number of nitrogens with one attached hydrogen (secondary N) is 1. The van der Waals surface area contributed by atoms with E-state index >= 15 is 0 Å². The Hall–Kier alpha value is -2.14. The standard InChI is InChI=1S/C11H7ClN2O3/c12-7-3-1-6(2-4-7)8-5-9(10(15)16)14-11(17)13-8/h1-5H,(H,15,16)(H,13,14,17). The smallest absolute Gasteiger partial charge is 0.352 e. The third-order valence-corrected chi connectivity index (χ3v) is 2.37. The summed E-state index contributed by atoms with van der Waals surface area (Å²) < 4.78 is 0. The van der Waals surface area contributed by atoms with Gasteiger partial charge in [-0.25, -0.2) is 9.59 Å². The Kier molecular flexibility index (Phi) is 2.93. The highest BCUT2D eigenvalue weighted by atomic mass is 35.5. The summed E-state index contributed by atoms with van der Waals surface area (Å²) in [6, 6.07) is 7.90. The van der Waals surface area contributed by atoms with Gasteiger partial charge < -0.3 is 5.11 Å². The van der Waals surface area contributed by atoms with Gasteiger partial charge >= 0.3 is 11.7 Å². The Morgan fingerprint density at radius 2 is 1.94 bits per heavy atom. The fourth-order valence-corrected chi connectivity index (χ4v) is 1.47. The second kappa shape index (κ2) is 4.39. The van der Waals surface area contributed by atoms with Crippen LogP contribution in [0, 0.1) is 0 Å². The second-order valence-corrected chi connectivity index (χ2v) is 3.73. The molecule has 2 aromatic rings. The lowest BCUT2D eigenvalue weighted by molar-refractivity contribution is 0.0690. The third kappa shape index (κ3) is 2.51. The average Bonchev–Trinajstić information content (AvgIpc) is 2.29. The van der Waals surface area contributed by atoms with Crippen molar-refractivity contribution in [3.05, 3.63) is 51.5 Å². The number of benzene rings is 1. The molecule has 0 atom stereocenters. The number of hydrogen-bond donors (Lipinski definition) is 2. The zero-order valence-corrected chi connectivity index (χ0v) is 9.23. The van der Waals surface area contributed by atoms with E-state index in [9.17, 15) is 9.59 Å². The molecule has 0 saturated carbocycles. The number of nitrogens with zero attached hydrogens (tertiary/aromatic N) is 1. The van der Waals surface area contributed by atoms with Gasteiger partial charge in [-0.1, -0.05) is 23.7 Å². The van der Waals surface area contributed by atoms with Crippen LogP contribution in [0.25, 0.3) is 11.3 Å². The van der Waals surface area contributed by atoms with Crippen molar-refractivity contribution in [2.45, 2.75) is 0 Å². The minimum atomic E-state index is -1.21. The van der Waals surface area contributed by atoms with Crippen molar-refractivity contribution in [3.63, 3.8) is 0 Å². The van der Waals surface area contributed by atoms with Crippen LogP contribution in [0.2, 0.25) is 5.02 Å². The van der Waals surface area contributed by atoms with E-state index < -0.39 is 11.7 Å². The van der Waals surface area contributed by atoms with E-state index in [1.54, 1.807) is 24.3 Å². The SMILES string of the molecule is O=C(O)c1cc(-c2ccc(Cl)cc2)nc(=O)[nH]1. The van der Waals surface area contributed by atoms with Crippen molar-refractivity contribution in [3.8, 4) is 11.3 Å². The van der Waals surface area contributed by atoms with E-state index in [-0.39, 0.29) is 5.69 Å². The van der Waals surface area contributed by atoms with Crippen LogP contribution in [0.15, 0.2) is 35.1 Å². The summed E-state index contributed by atoms with van der Waals surface area (Å²) in [5.41, 5.74) is 0.0237. The maximum atomic E-state index is 11.2. The molecule has 0 spiro atoms. The highest BCUT2D eigenvalue weighted by molar-refractivity contribution is 6.30. The predicted octanol–water partition coefficient (Wildman–Crippen LogP) is 1.79. The summed E-state index contributed by atoms with van der Waals surface area (Å²) >= 11 is 5.73. The van der Waals surface area contributed by atoms with Crippen molar-refractivity contribution in [2.75, 3.05) is 0 Å². The Morgan fingerprint density at radius 3 is 2.53 bits per heavy atom. The second-order valence-electron chi connectivity index (χ2n) is 3.30. The van der Waals surface area contributed by atoms with Crippen LogP contribution in [0.1, 0.15) is 10.5 Å². The van der Waals surface area contributed by atoms with E-state index in [0.29, 0.717) is 16.3 Å². The van der Waals surface area contributed by atoms with E-state index in [1.807, 2.05) is 0 Å². The minimum absolute atomic E-state index is 0.199. The molecule has 0 radical (unpaired) electrons. The number of carboxylic acid groups (broad SMARTS) is 1. The van der Waals surface area contributed by atoms with Crippen LogP contribution in [0.5, 0.6) is 0 Å². The third-order valence-electron chi connectivity index (χ3n) is 2.12. The number of aromatic carboxylic acids is 1. The summed E-state index contributed by atoms with van der Waals surface area (Å²) in [6.45, 7) is 0. The number of H-pyrrole nitrogens is 1. The quantitative estimate of drug-likeness (QED) is 0.851. The molecule has 0 bridgehead atoms. The topological polar surface area (TPSA) is 83.0 Å². The molecule has 0 amide bonds.